The van der Waals surface area contributed by atoms with E-state index in [1.54, 1.807) is 40.9 Å². The predicted molar refractivity (Wildman–Crippen MR) is 105 cm³/mol. The number of hydrogen-bond donors (Lipinski definition) is 2. The number of aliphatic carboxylic acids is 1. The molecule has 1 aliphatic rings. The molecule has 0 saturated carbocycles. The molecular formula is C20H20N2O4S. The maximum Gasteiger partial charge on any atom is 0.307 e. The highest BCUT2D eigenvalue weighted by Crippen LogP contribution is 2.28. The van der Waals surface area contributed by atoms with Crippen molar-refractivity contribution < 1.29 is 19.5 Å². The van der Waals surface area contributed by atoms with E-state index >= 15 is 0 Å². The van der Waals surface area contributed by atoms with Gasteiger partial charge in [0, 0.05) is 29.2 Å². The Morgan fingerprint density at radius 2 is 1.89 bits per heavy atom. The lowest BCUT2D eigenvalue weighted by Crippen LogP contribution is -2.28. The molecule has 6 nitrogen and oxygen atoms in total. The van der Waals surface area contributed by atoms with Crippen LogP contribution in [0.25, 0.3) is 0 Å². The first-order chi connectivity index (χ1) is 13.0. The van der Waals surface area contributed by atoms with Gasteiger partial charge in [0.1, 0.15) is 0 Å². The van der Waals surface area contributed by atoms with Gasteiger partial charge in [-0.3, -0.25) is 14.4 Å². The molecule has 1 fully saturated rings. The standard InChI is InChI=1S/C20H20N2O4S/c1-27-16-8-6-15(7-9-16)22-12-14(10-18(22)23)20(26)21-17-5-3-2-4-13(17)11-19(24)25/h2-9,14H,10-12H2,1H3,(H,21,26)(H,24,25). The summed E-state index contributed by atoms with van der Waals surface area (Å²) in [6, 6.07) is 14.5. The molecular weight excluding hydrogens is 364 g/mol. The van der Waals surface area contributed by atoms with Gasteiger partial charge in [-0.2, -0.15) is 0 Å². The molecule has 2 aromatic rings. The van der Waals surface area contributed by atoms with Gasteiger partial charge in [-0.15, -0.1) is 11.8 Å². The van der Waals surface area contributed by atoms with Crippen molar-refractivity contribution in [1.82, 2.24) is 0 Å². The van der Waals surface area contributed by atoms with Gasteiger partial charge in [-0.25, -0.2) is 0 Å². The van der Waals surface area contributed by atoms with E-state index in [-0.39, 0.29) is 24.7 Å². The molecule has 2 aromatic carbocycles. The number of para-hydroxylation sites is 1. The number of benzene rings is 2. The van der Waals surface area contributed by atoms with Gasteiger partial charge in [0.05, 0.1) is 12.3 Å². The molecule has 7 heteroatoms. The van der Waals surface area contributed by atoms with E-state index in [0.29, 0.717) is 17.8 Å². The second-order valence-electron chi connectivity index (χ2n) is 6.32. The van der Waals surface area contributed by atoms with Crippen molar-refractivity contribution in [3.8, 4) is 0 Å². The lowest BCUT2D eigenvalue weighted by atomic mass is 10.1. The molecule has 0 aliphatic carbocycles. The molecule has 1 heterocycles. The fourth-order valence-electron chi connectivity index (χ4n) is 3.09. The van der Waals surface area contributed by atoms with Crippen LogP contribution in [-0.2, 0) is 20.8 Å². The summed E-state index contributed by atoms with van der Waals surface area (Å²) >= 11 is 1.62. The number of nitrogens with zero attached hydrogens (tertiary/aromatic N) is 1. The highest BCUT2D eigenvalue weighted by atomic mass is 32.2. The van der Waals surface area contributed by atoms with Crippen molar-refractivity contribution in [2.75, 3.05) is 23.0 Å². The van der Waals surface area contributed by atoms with Gasteiger partial charge < -0.3 is 15.3 Å². The minimum absolute atomic E-state index is 0.0918. The average molecular weight is 384 g/mol. The number of carbonyl (C=O) groups excluding carboxylic acids is 2. The van der Waals surface area contributed by atoms with Gasteiger partial charge in [-0.1, -0.05) is 18.2 Å². The van der Waals surface area contributed by atoms with Crippen LogP contribution >= 0.6 is 11.8 Å². The third-order valence-corrected chi connectivity index (χ3v) is 5.24. The molecule has 0 aromatic heterocycles. The molecule has 1 atom stereocenters. The molecule has 0 bridgehead atoms. The summed E-state index contributed by atoms with van der Waals surface area (Å²) in [5.74, 6) is -1.81. The Balaban J connectivity index is 1.70. The van der Waals surface area contributed by atoms with Crippen LogP contribution < -0.4 is 10.2 Å². The fraction of sp³-hybridized carbons (Fsp3) is 0.250. The summed E-state index contributed by atoms with van der Waals surface area (Å²) in [4.78, 5) is 38.7. The first-order valence-corrected chi connectivity index (χ1v) is 9.75. The van der Waals surface area contributed by atoms with Crippen LogP contribution in [0.2, 0.25) is 0 Å². The normalized spacial score (nSPS) is 16.4. The Morgan fingerprint density at radius 1 is 1.19 bits per heavy atom. The number of hydrogen-bond acceptors (Lipinski definition) is 4. The number of amides is 2. The summed E-state index contributed by atoms with van der Waals surface area (Å²) < 4.78 is 0. The molecule has 2 N–H and O–H groups in total. The Labute approximate surface area is 161 Å². The second-order valence-corrected chi connectivity index (χ2v) is 7.20. The summed E-state index contributed by atoms with van der Waals surface area (Å²) in [7, 11) is 0. The third-order valence-electron chi connectivity index (χ3n) is 4.50. The van der Waals surface area contributed by atoms with Crippen LogP contribution in [0.4, 0.5) is 11.4 Å². The number of carboxylic acids is 1. The van der Waals surface area contributed by atoms with Gasteiger partial charge in [0.2, 0.25) is 11.8 Å². The SMILES string of the molecule is CSc1ccc(N2CC(C(=O)Nc3ccccc3CC(=O)O)CC2=O)cc1. The first-order valence-electron chi connectivity index (χ1n) is 8.53. The number of carbonyl (C=O) groups is 3. The van der Waals surface area contributed by atoms with Crippen LogP contribution in [0.1, 0.15) is 12.0 Å². The molecule has 140 valence electrons. The Hall–Kier alpha value is -2.80. The van der Waals surface area contributed by atoms with Crippen molar-refractivity contribution in [3.63, 3.8) is 0 Å². The van der Waals surface area contributed by atoms with Crippen molar-refractivity contribution >= 4 is 40.9 Å². The predicted octanol–water partition coefficient (Wildman–Crippen LogP) is 3.03. The highest BCUT2D eigenvalue weighted by molar-refractivity contribution is 7.98. The van der Waals surface area contributed by atoms with E-state index in [2.05, 4.69) is 5.32 Å². The smallest absolute Gasteiger partial charge is 0.307 e. The third kappa shape index (κ3) is 4.49. The summed E-state index contributed by atoms with van der Waals surface area (Å²) in [6.07, 6.45) is 1.95. The zero-order chi connectivity index (χ0) is 19.4. The van der Waals surface area contributed by atoms with E-state index in [1.807, 2.05) is 30.5 Å². The molecule has 3 rings (SSSR count). The zero-order valence-corrected chi connectivity index (χ0v) is 15.7. The molecule has 27 heavy (non-hydrogen) atoms. The molecule has 2 amide bonds. The number of thioether (sulfide) groups is 1. The Morgan fingerprint density at radius 3 is 2.56 bits per heavy atom. The molecule has 1 saturated heterocycles. The molecule has 1 unspecified atom stereocenters. The van der Waals surface area contributed by atoms with E-state index in [4.69, 9.17) is 5.11 Å². The molecule has 0 spiro atoms. The van der Waals surface area contributed by atoms with Crippen molar-refractivity contribution in [2.24, 2.45) is 5.92 Å². The number of anilines is 2. The largest absolute Gasteiger partial charge is 0.481 e. The summed E-state index contributed by atoms with van der Waals surface area (Å²) in [6.45, 7) is 0.310. The van der Waals surface area contributed by atoms with Gasteiger partial charge >= 0.3 is 5.97 Å². The first kappa shape index (κ1) is 19.0. The number of carboxylic acid groups (broad SMARTS) is 1. The minimum atomic E-state index is -0.965. The van der Waals surface area contributed by atoms with Gasteiger partial charge in [0.25, 0.3) is 0 Å². The van der Waals surface area contributed by atoms with Crippen molar-refractivity contribution in [1.29, 1.82) is 0 Å². The summed E-state index contributed by atoms with van der Waals surface area (Å²) in [5, 5.41) is 11.8. The molecule has 1 aliphatic heterocycles. The highest BCUT2D eigenvalue weighted by Gasteiger charge is 2.35. The van der Waals surface area contributed by atoms with Crippen LogP contribution in [0.3, 0.4) is 0 Å². The minimum Gasteiger partial charge on any atom is -0.481 e. The maximum absolute atomic E-state index is 12.6. The lowest BCUT2D eigenvalue weighted by Gasteiger charge is -2.17. The van der Waals surface area contributed by atoms with E-state index in [1.165, 1.54) is 0 Å². The average Bonchev–Trinajstić information content (AvgIpc) is 3.05. The topological polar surface area (TPSA) is 86.7 Å². The van der Waals surface area contributed by atoms with Crippen LogP contribution in [0, 0.1) is 5.92 Å². The van der Waals surface area contributed by atoms with Crippen LogP contribution in [0.5, 0.6) is 0 Å². The van der Waals surface area contributed by atoms with Gasteiger partial charge in [-0.05, 0) is 42.2 Å². The van der Waals surface area contributed by atoms with E-state index in [0.717, 1.165) is 10.6 Å². The Bertz CT molecular complexity index is 867. The van der Waals surface area contributed by atoms with Crippen LogP contribution in [0.15, 0.2) is 53.4 Å². The lowest BCUT2D eigenvalue weighted by molar-refractivity contribution is -0.136. The number of nitrogens with one attached hydrogen (secondary N) is 1. The van der Waals surface area contributed by atoms with Crippen molar-refractivity contribution in [3.05, 3.63) is 54.1 Å². The van der Waals surface area contributed by atoms with E-state index < -0.39 is 11.9 Å². The maximum atomic E-state index is 12.6. The quantitative estimate of drug-likeness (QED) is 0.748. The van der Waals surface area contributed by atoms with Crippen molar-refractivity contribution in [2.45, 2.75) is 17.7 Å². The second kappa shape index (κ2) is 8.26. The summed E-state index contributed by atoms with van der Waals surface area (Å²) in [5.41, 5.74) is 1.78. The van der Waals surface area contributed by atoms with Crippen LogP contribution in [-0.4, -0.2) is 35.7 Å². The van der Waals surface area contributed by atoms with E-state index in [9.17, 15) is 14.4 Å². The Kier molecular flexibility index (Phi) is 5.81. The monoisotopic (exact) mass is 384 g/mol. The molecule has 0 radical (unpaired) electrons. The zero-order valence-electron chi connectivity index (χ0n) is 14.8. The number of rotatable bonds is 6. The fourth-order valence-corrected chi connectivity index (χ4v) is 3.50. The van der Waals surface area contributed by atoms with Gasteiger partial charge in [0.15, 0.2) is 0 Å².